The summed E-state index contributed by atoms with van der Waals surface area (Å²) in [7, 11) is 0. The molecular formula is C16H16ClN3O4. The van der Waals surface area contributed by atoms with E-state index in [2.05, 4.69) is 15.8 Å². The fourth-order valence-electron chi connectivity index (χ4n) is 1.72. The summed E-state index contributed by atoms with van der Waals surface area (Å²) in [5.74, 6) is -0.359. The molecule has 0 aliphatic rings. The molecule has 2 N–H and O–H groups in total. The van der Waals surface area contributed by atoms with E-state index in [-0.39, 0.29) is 18.1 Å². The lowest BCUT2D eigenvalue weighted by atomic mass is 10.2. The molecule has 0 bridgehead atoms. The quantitative estimate of drug-likeness (QED) is 0.778. The third-order valence-electron chi connectivity index (χ3n) is 2.80. The largest absolute Gasteiger partial charge is 0.484 e. The molecule has 0 spiro atoms. The highest BCUT2D eigenvalue weighted by molar-refractivity contribution is 6.30. The molecule has 1 aromatic carbocycles. The normalized spacial score (nSPS) is 9.92. The van der Waals surface area contributed by atoms with Crippen LogP contribution in [0.5, 0.6) is 11.6 Å². The van der Waals surface area contributed by atoms with Gasteiger partial charge in [-0.1, -0.05) is 11.6 Å². The van der Waals surface area contributed by atoms with E-state index in [1.165, 1.54) is 6.20 Å². The summed E-state index contributed by atoms with van der Waals surface area (Å²) in [5.41, 5.74) is 4.76. The molecule has 0 aliphatic heterocycles. The minimum Gasteiger partial charge on any atom is -0.484 e. The average molecular weight is 350 g/mol. The van der Waals surface area contributed by atoms with Crippen molar-refractivity contribution in [1.82, 2.24) is 15.8 Å². The van der Waals surface area contributed by atoms with E-state index < -0.39 is 11.8 Å². The van der Waals surface area contributed by atoms with Crippen LogP contribution in [0.25, 0.3) is 0 Å². The fourth-order valence-corrected chi connectivity index (χ4v) is 1.85. The van der Waals surface area contributed by atoms with Crippen LogP contribution in [-0.4, -0.2) is 30.0 Å². The molecular weight excluding hydrogens is 334 g/mol. The first-order valence-electron chi connectivity index (χ1n) is 7.15. The van der Waals surface area contributed by atoms with Crippen LogP contribution in [0.4, 0.5) is 0 Å². The van der Waals surface area contributed by atoms with Crippen molar-refractivity contribution >= 4 is 23.4 Å². The van der Waals surface area contributed by atoms with Gasteiger partial charge in [0.15, 0.2) is 6.61 Å². The maximum atomic E-state index is 12.1. The van der Waals surface area contributed by atoms with E-state index >= 15 is 0 Å². The summed E-state index contributed by atoms with van der Waals surface area (Å²) >= 11 is 5.75. The van der Waals surface area contributed by atoms with E-state index in [1.54, 1.807) is 43.3 Å². The van der Waals surface area contributed by atoms with E-state index in [1.807, 2.05) is 0 Å². The monoisotopic (exact) mass is 349 g/mol. The van der Waals surface area contributed by atoms with Crippen LogP contribution < -0.4 is 20.3 Å². The van der Waals surface area contributed by atoms with Gasteiger partial charge in [0.2, 0.25) is 5.88 Å². The highest BCUT2D eigenvalue weighted by atomic mass is 35.5. The third-order valence-corrected chi connectivity index (χ3v) is 3.05. The number of aromatic nitrogens is 1. The molecule has 126 valence electrons. The minimum atomic E-state index is -0.536. The molecule has 0 aliphatic carbocycles. The molecule has 1 heterocycles. The number of carbonyl (C=O) groups excluding carboxylic acids is 2. The van der Waals surface area contributed by atoms with Crippen LogP contribution in [-0.2, 0) is 4.79 Å². The van der Waals surface area contributed by atoms with E-state index in [9.17, 15) is 9.59 Å². The second-order valence-electron chi connectivity index (χ2n) is 4.53. The Labute approximate surface area is 143 Å². The lowest BCUT2D eigenvalue weighted by molar-refractivity contribution is -0.123. The molecule has 1 aromatic heterocycles. The predicted molar refractivity (Wildman–Crippen MR) is 88.0 cm³/mol. The van der Waals surface area contributed by atoms with Gasteiger partial charge in [-0.25, -0.2) is 4.98 Å². The second kappa shape index (κ2) is 8.73. The summed E-state index contributed by atoms with van der Waals surface area (Å²) in [6, 6.07) is 9.71. The van der Waals surface area contributed by atoms with Crippen molar-refractivity contribution in [3.63, 3.8) is 0 Å². The van der Waals surface area contributed by atoms with Crippen molar-refractivity contribution in [2.24, 2.45) is 0 Å². The number of nitrogens with one attached hydrogen (secondary N) is 2. The van der Waals surface area contributed by atoms with Crippen molar-refractivity contribution in [2.45, 2.75) is 6.92 Å². The number of benzene rings is 1. The zero-order valence-electron chi connectivity index (χ0n) is 12.9. The highest BCUT2D eigenvalue weighted by Crippen LogP contribution is 2.15. The zero-order chi connectivity index (χ0) is 17.4. The van der Waals surface area contributed by atoms with Gasteiger partial charge in [-0.2, -0.15) is 0 Å². The van der Waals surface area contributed by atoms with Gasteiger partial charge in [-0.05, 0) is 43.3 Å². The highest BCUT2D eigenvalue weighted by Gasteiger charge is 2.14. The Balaban J connectivity index is 1.83. The molecule has 24 heavy (non-hydrogen) atoms. The van der Waals surface area contributed by atoms with Gasteiger partial charge in [-0.15, -0.1) is 0 Å². The number of amides is 2. The molecule has 0 saturated heterocycles. The second-order valence-corrected chi connectivity index (χ2v) is 4.97. The molecule has 7 nitrogen and oxygen atoms in total. The lowest BCUT2D eigenvalue weighted by Gasteiger charge is -2.11. The van der Waals surface area contributed by atoms with Crippen molar-refractivity contribution < 1.29 is 19.1 Å². The van der Waals surface area contributed by atoms with Crippen LogP contribution in [0.1, 0.15) is 17.3 Å². The Morgan fingerprint density at radius 1 is 1.12 bits per heavy atom. The Hall–Kier alpha value is -2.80. The Kier molecular flexibility index (Phi) is 6.39. The van der Waals surface area contributed by atoms with Crippen LogP contribution in [0.2, 0.25) is 5.02 Å². The number of carbonyl (C=O) groups is 2. The predicted octanol–water partition coefficient (Wildman–Crippen LogP) is 1.97. The molecule has 0 atom stereocenters. The summed E-state index contributed by atoms with van der Waals surface area (Å²) in [6.07, 6.45) is 1.51. The minimum absolute atomic E-state index is 0.198. The first-order chi connectivity index (χ1) is 11.6. The van der Waals surface area contributed by atoms with E-state index in [0.717, 1.165) is 0 Å². The first-order valence-corrected chi connectivity index (χ1v) is 7.53. The lowest BCUT2D eigenvalue weighted by Crippen LogP contribution is -2.44. The number of halogens is 1. The number of rotatable bonds is 6. The van der Waals surface area contributed by atoms with Crippen LogP contribution in [0.3, 0.4) is 0 Å². The fraction of sp³-hybridized carbons (Fsp3) is 0.188. The van der Waals surface area contributed by atoms with Crippen molar-refractivity contribution in [2.75, 3.05) is 13.2 Å². The summed E-state index contributed by atoms with van der Waals surface area (Å²) in [4.78, 5) is 27.7. The Morgan fingerprint density at radius 3 is 2.58 bits per heavy atom. The number of hydrogen-bond donors (Lipinski definition) is 2. The van der Waals surface area contributed by atoms with Gasteiger partial charge in [-0.3, -0.25) is 20.4 Å². The molecule has 2 aromatic rings. The number of ether oxygens (including phenoxy) is 2. The molecule has 0 unspecified atom stereocenters. The molecule has 0 saturated carbocycles. The van der Waals surface area contributed by atoms with Gasteiger partial charge in [0, 0.05) is 11.2 Å². The third kappa shape index (κ3) is 5.13. The van der Waals surface area contributed by atoms with Gasteiger partial charge in [0.1, 0.15) is 11.3 Å². The first kappa shape index (κ1) is 17.6. The number of hydrogen-bond acceptors (Lipinski definition) is 5. The molecule has 2 amide bonds. The maximum Gasteiger partial charge on any atom is 0.276 e. The summed E-state index contributed by atoms with van der Waals surface area (Å²) in [5, 5.41) is 0.570. The van der Waals surface area contributed by atoms with Crippen molar-refractivity contribution in [1.29, 1.82) is 0 Å². The van der Waals surface area contributed by atoms with Gasteiger partial charge in [0.05, 0.1) is 6.61 Å². The van der Waals surface area contributed by atoms with Crippen LogP contribution in [0.15, 0.2) is 42.6 Å². The Morgan fingerprint density at radius 2 is 1.88 bits per heavy atom. The average Bonchev–Trinajstić information content (AvgIpc) is 2.60. The topological polar surface area (TPSA) is 89.5 Å². The van der Waals surface area contributed by atoms with Gasteiger partial charge < -0.3 is 9.47 Å². The van der Waals surface area contributed by atoms with E-state index in [4.69, 9.17) is 21.1 Å². The van der Waals surface area contributed by atoms with Crippen LogP contribution in [0, 0.1) is 0 Å². The van der Waals surface area contributed by atoms with Crippen molar-refractivity contribution in [3.8, 4) is 11.6 Å². The SMILES string of the molecule is CCOc1ncccc1C(=O)NNC(=O)COc1ccc(Cl)cc1. The molecule has 0 radical (unpaired) electrons. The van der Waals surface area contributed by atoms with E-state index in [0.29, 0.717) is 17.4 Å². The van der Waals surface area contributed by atoms with Gasteiger partial charge in [0.25, 0.3) is 11.8 Å². The smallest absolute Gasteiger partial charge is 0.276 e. The Bertz CT molecular complexity index is 707. The summed E-state index contributed by atoms with van der Waals surface area (Å²) in [6.45, 7) is 1.90. The zero-order valence-corrected chi connectivity index (χ0v) is 13.7. The molecule has 2 rings (SSSR count). The maximum absolute atomic E-state index is 12.1. The number of nitrogens with zero attached hydrogens (tertiary/aromatic N) is 1. The number of pyridine rings is 1. The van der Waals surface area contributed by atoms with Crippen LogP contribution >= 0.6 is 11.6 Å². The van der Waals surface area contributed by atoms with Crippen molar-refractivity contribution in [3.05, 3.63) is 53.2 Å². The molecule has 8 heteroatoms. The summed E-state index contributed by atoms with van der Waals surface area (Å²) < 4.78 is 10.5. The number of hydrazine groups is 1. The standard InChI is InChI=1S/C16H16ClN3O4/c1-2-23-16-13(4-3-9-18-16)15(22)20-19-14(21)10-24-12-7-5-11(17)6-8-12/h3-9H,2,10H2,1H3,(H,19,21)(H,20,22). The molecule has 0 fully saturated rings. The van der Waals surface area contributed by atoms with Gasteiger partial charge >= 0.3 is 0 Å².